The number of allylic oxidation sites excluding steroid dienone is 4. The lowest BCUT2D eigenvalue weighted by Gasteiger charge is -2.11. The molecule has 0 saturated heterocycles. The summed E-state index contributed by atoms with van der Waals surface area (Å²) in [4.78, 5) is 16.8. The third-order valence-corrected chi connectivity index (χ3v) is 4.37. The second-order valence-electron chi connectivity index (χ2n) is 6.43. The quantitative estimate of drug-likeness (QED) is 0.821. The van der Waals surface area contributed by atoms with Gasteiger partial charge < -0.3 is 5.11 Å². The average molecular weight is 326 g/mol. The van der Waals surface area contributed by atoms with Crippen molar-refractivity contribution in [1.29, 1.82) is 0 Å². The number of rotatable bonds is 5. The SMILES string of the molecule is C/C=C(\C=C/C(C)CC)c1ccn2c(=O)c(C(C)C)cnc2c1O. The molecule has 128 valence electrons. The second kappa shape index (κ2) is 7.47. The minimum Gasteiger partial charge on any atom is -0.504 e. The van der Waals surface area contributed by atoms with Gasteiger partial charge in [-0.2, -0.15) is 0 Å². The van der Waals surface area contributed by atoms with E-state index in [-0.39, 0.29) is 22.9 Å². The highest BCUT2D eigenvalue weighted by atomic mass is 16.3. The van der Waals surface area contributed by atoms with Gasteiger partial charge in [0, 0.05) is 23.5 Å². The third-order valence-electron chi connectivity index (χ3n) is 4.37. The van der Waals surface area contributed by atoms with Gasteiger partial charge in [0.1, 0.15) is 0 Å². The Morgan fingerprint density at radius 3 is 2.67 bits per heavy atom. The van der Waals surface area contributed by atoms with E-state index in [1.165, 1.54) is 4.40 Å². The summed E-state index contributed by atoms with van der Waals surface area (Å²) in [6, 6.07) is 1.77. The first-order valence-corrected chi connectivity index (χ1v) is 8.48. The summed E-state index contributed by atoms with van der Waals surface area (Å²) in [6.07, 6.45) is 10.4. The molecule has 0 aliphatic carbocycles. The van der Waals surface area contributed by atoms with Crippen molar-refractivity contribution in [3.8, 4) is 5.75 Å². The fraction of sp³-hybridized carbons (Fsp3) is 0.400. The highest BCUT2D eigenvalue weighted by molar-refractivity contribution is 5.81. The van der Waals surface area contributed by atoms with Gasteiger partial charge in [-0.25, -0.2) is 4.98 Å². The predicted octanol–water partition coefficient (Wildman–Crippen LogP) is 4.53. The largest absolute Gasteiger partial charge is 0.504 e. The van der Waals surface area contributed by atoms with Crippen molar-refractivity contribution in [2.75, 3.05) is 0 Å². The van der Waals surface area contributed by atoms with Gasteiger partial charge in [-0.05, 0) is 30.4 Å². The van der Waals surface area contributed by atoms with Crippen LogP contribution >= 0.6 is 0 Å². The smallest absolute Gasteiger partial charge is 0.261 e. The highest BCUT2D eigenvalue weighted by Crippen LogP contribution is 2.29. The second-order valence-corrected chi connectivity index (χ2v) is 6.43. The zero-order valence-corrected chi connectivity index (χ0v) is 15.1. The number of pyridine rings is 1. The molecule has 0 aliphatic rings. The van der Waals surface area contributed by atoms with Crippen molar-refractivity contribution >= 4 is 11.2 Å². The maximum Gasteiger partial charge on any atom is 0.261 e. The van der Waals surface area contributed by atoms with Crippen LogP contribution in [0.3, 0.4) is 0 Å². The molecule has 0 fully saturated rings. The molecule has 0 aliphatic heterocycles. The predicted molar refractivity (Wildman–Crippen MR) is 99.5 cm³/mol. The van der Waals surface area contributed by atoms with E-state index < -0.39 is 0 Å². The van der Waals surface area contributed by atoms with E-state index in [2.05, 4.69) is 24.9 Å². The van der Waals surface area contributed by atoms with Crippen LogP contribution in [0.15, 0.2) is 41.5 Å². The van der Waals surface area contributed by atoms with Crippen molar-refractivity contribution in [3.63, 3.8) is 0 Å². The normalized spacial score (nSPS) is 14.0. The molecule has 2 aromatic rings. The van der Waals surface area contributed by atoms with Crippen LogP contribution in [0.5, 0.6) is 5.75 Å². The standard InChI is InChI=1S/C20H26N2O2/c1-6-14(5)8-9-15(7-2)16-10-11-22-19(18(16)23)21-12-17(13(3)4)20(22)24/h7-14,23H,6H2,1-5H3/b9-8-,15-7+. The first-order valence-electron chi connectivity index (χ1n) is 8.48. The Kier molecular flexibility index (Phi) is 5.60. The van der Waals surface area contributed by atoms with Gasteiger partial charge in [-0.1, -0.05) is 52.3 Å². The van der Waals surface area contributed by atoms with Gasteiger partial charge in [0.2, 0.25) is 0 Å². The maximum atomic E-state index is 12.5. The van der Waals surface area contributed by atoms with Crippen LogP contribution in [0.1, 0.15) is 58.1 Å². The maximum absolute atomic E-state index is 12.5. The third kappa shape index (κ3) is 3.42. The zero-order valence-electron chi connectivity index (χ0n) is 15.1. The minimum atomic E-state index is -0.131. The Labute approximate surface area is 143 Å². The fourth-order valence-corrected chi connectivity index (χ4v) is 2.52. The summed E-state index contributed by atoms with van der Waals surface area (Å²) in [7, 11) is 0. The molecule has 0 bridgehead atoms. The van der Waals surface area contributed by atoms with Crippen molar-refractivity contribution < 1.29 is 5.11 Å². The van der Waals surface area contributed by atoms with Crippen LogP contribution in [0.4, 0.5) is 0 Å². The van der Waals surface area contributed by atoms with Gasteiger partial charge in [-0.15, -0.1) is 0 Å². The van der Waals surface area contributed by atoms with E-state index in [4.69, 9.17) is 0 Å². The van der Waals surface area contributed by atoms with Crippen molar-refractivity contribution in [3.05, 3.63) is 58.2 Å². The van der Waals surface area contributed by atoms with Gasteiger partial charge in [-0.3, -0.25) is 9.20 Å². The lowest BCUT2D eigenvalue weighted by Crippen LogP contribution is -2.20. The highest BCUT2D eigenvalue weighted by Gasteiger charge is 2.14. The Morgan fingerprint density at radius 1 is 1.38 bits per heavy atom. The van der Waals surface area contributed by atoms with Crippen molar-refractivity contribution in [2.24, 2.45) is 5.92 Å². The average Bonchev–Trinajstić information content (AvgIpc) is 2.57. The van der Waals surface area contributed by atoms with E-state index in [0.29, 0.717) is 17.0 Å². The summed E-state index contributed by atoms with van der Waals surface area (Å²) < 4.78 is 1.42. The molecule has 0 saturated carbocycles. The Bertz CT molecular complexity index is 845. The number of aromatic hydroxyl groups is 1. The molecule has 0 amide bonds. The van der Waals surface area contributed by atoms with Crippen molar-refractivity contribution in [2.45, 2.75) is 47.0 Å². The summed E-state index contributed by atoms with van der Waals surface area (Å²) in [5.74, 6) is 0.594. The molecule has 1 atom stereocenters. The molecule has 2 heterocycles. The van der Waals surface area contributed by atoms with Crippen LogP contribution in [0, 0.1) is 5.92 Å². The summed E-state index contributed by atoms with van der Waals surface area (Å²) >= 11 is 0. The summed E-state index contributed by atoms with van der Waals surface area (Å²) in [6.45, 7) is 10.1. The zero-order chi connectivity index (χ0) is 17.9. The number of nitrogens with zero attached hydrogens (tertiary/aromatic N) is 2. The Morgan fingerprint density at radius 2 is 2.08 bits per heavy atom. The molecular weight excluding hydrogens is 300 g/mol. The lowest BCUT2D eigenvalue weighted by molar-refractivity contribution is 0.475. The minimum absolute atomic E-state index is 0.0341. The summed E-state index contributed by atoms with van der Waals surface area (Å²) in [5, 5.41) is 10.6. The monoisotopic (exact) mass is 326 g/mol. The van der Waals surface area contributed by atoms with Gasteiger partial charge in [0.15, 0.2) is 11.4 Å². The molecule has 0 radical (unpaired) electrons. The van der Waals surface area contributed by atoms with Gasteiger partial charge in [0.05, 0.1) is 0 Å². The van der Waals surface area contributed by atoms with Crippen LogP contribution in [-0.4, -0.2) is 14.5 Å². The van der Waals surface area contributed by atoms with Crippen LogP contribution in [-0.2, 0) is 0 Å². The van der Waals surface area contributed by atoms with E-state index in [1.807, 2.05) is 32.9 Å². The first-order chi connectivity index (χ1) is 11.4. The fourth-order valence-electron chi connectivity index (χ4n) is 2.52. The molecule has 24 heavy (non-hydrogen) atoms. The van der Waals surface area contributed by atoms with Crippen molar-refractivity contribution in [1.82, 2.24) is 9.38 Å². The Hall–Kier alpha value is -2.36. The van der Waals surface area contributed by atoms with Gasteiger partial charge in [0.25, 0.3) is 5.56 Å². The molecule has 0 aromatic carbocycles. The molecule has 1 unspecified atom stereocenters. The van der Waals surface area contributed by atoms with Crippen LogP contribution in [0.25, 0.3) is 11.2 Å². The lowest BCUT2D eigenvalue weighted by atomic mass is 10.0. The number of aromatic nitrogens is 2. The summed E-state index contributed by atoms with van der Waals surface area (Å²) in [5.41, 5.74) is 2.40. The molecule has 1 N–H and O–H groups in total. The molecule has 4 heteroatoms. The van der Waals surface area contributed by atoms with Crippen LogP contribution in [0.2, 0.25) is 0 Å². The van der Waals surface area contributed by atoms with Gasteiger partial charge >= 0.3 is 0 Å². The van der Waals surface area contributed by atoms with E-state index in [1.54, 1.807) is 18.5 Å². The molecule has 4 nitrogen and oxygen atoms in total. The number of hydrogen-bond donors (Lipinski definition) is 1. The van der Waals surface area contributed by atoms with E-state index in [0.717, 1.165) is 12.0 Å². The molecular formula is C20H26N2O2. The first kappa shape index (κ1) is 18.0. The number of fused-ring (bicyclic) bond motifs is 1. The number of hydrogen-bond acceptors (Lipinski definition) is 3. The molecule has 0 spiro atoms. The topological polar surface area (TPSA) is 54.6 Å². The molecule has 2 aromatic heterocycles. The van der Waals surface area contributed by atoms with Crippen LogP contribution < -0.4 is 5.56 Å². The molecule has 2 rings (SSSR count). The van der Waals surface area contributed by atoms with E-state index >= 15 is 0 Å². The van der Waals surface area contributed by atoms with E-state index in [9.17, 15) is 9.90 Å². The Balaban J connectivity index is 2.58.